The van der Waals surface area contributed by atoms with Gasteiger partial charge in [-0.05, 0) is 57.8 Å². The third-order valence-electron chi connectivity index (χ3n) is 11.4. The minimum Gasteiger partial charge on any atom is -0.394 e. The molecule has 0 aromatic heterocycles. The first-order chi connectivity index (χ1) is 30.4. The molecule has 8 atom stereocenters. The number of unbranched alkanes of at least 4 members (excludes halogenated alkanes) is 22. The van der Waals surface area contributed by atoms with Crippen LogP contribution in [-0.2, 0) is 28.9 Å². The number of amides is 1. The van der Waals surface area contributed by atoms with Crippen molar-refractivity contribution in [1.82, 2.24) is 5.32 Å². The molecule has 63 heavy (non-hydrogen) atoms. The lowest BCUT2D eigenvalue weighted by atomic mass is 9.99. The lowest BCUT2D eigenvalue weighted by Crippen LogP contribution is -2.61. The van der Waals surface area contributed by atoms with Crippen LogP contribution in [0.2, 0.25) is 0 Å². The van der Waals surface area contributed by atoms with Gasteiger partial charge in [0.15, 0.2) is 6.29 Å². The average molecular weight is 916 g/mol. The van der Waals surface area contributed by atoms with E-state index < -0.39 is 78.5 Å². The van der Waals surface area contributed by atoms with Gasteiger partial charge < -0.3 is 40.3 Å². The fourth-order valence-electron chi connectivity index (χ4n) is 7.49. The number of aliphatic hydroxyl groups excluding tert-OH is 5. The maximum atomic E-state index is 13.1. The van der Waals surface area contributed by atoms with E-state index in [0.29, 0.717) is 12.8 Å². The summed E-state index contributed by atoms with van der Waals surface area (Å²) in [4.78, 5) is 13.1. The second-order valence-corrected chi connectivity index (χ2v) is 18.2. The number of aliphatic hydroxyl groups is 5. The molecule has 1 aliphatic rings. The summed E-state index contributed by atoms with van der Waals surface area (Å²) in [6.07, 6.45) is 36.7. The van der Waals surface area contributed by atoms with Crippen LogP contribution in [-0.4, -0.2) is 107 Å². The Morgan fingerprint density at radius 3 is 1.67 bits per heavy atom. The van der Waals surface area contributed by atoms with Gasteiger partial charge in [-0.25, -0.2) is 4.18 Å². The number of hydrogen-bond donors (Lipinski definition) is 7. The lowest BCUT2D eigenvalue weighted by Gasteiger charge is -2.41. The zero-order valence-electron chi connectivity index (χ0n) is 39.0. The number of carbonyl (C=O) groups is 1. The van der Waals surface area contributed by atoms with Crippen molar-refractivity contribution in [3.8, 4) is 0 Å². The van der Waals surface area contributed by atoms with Gasteiger partial charge in [0, 0.05) is 0 Å². The highest BCUT2D eigenvalue weighted by molar-refractivity contribution is 7.80. The van der Waals surface area contributed by atoms with Crippen LogP contribution in [0.1, 0.15) is 194 Å². The SMILES string of the molecule is CCCC/C=C/CC/C=C/C(O)C(COC1OC(CO)C(O)C(OS(=O)(=O)O)C1O)NC(=O)C(O)CCCCCCCCCCCC/C=C\C/C=C\CCCCCCCCCCC. The number of ether oxygens (including phenoxy) is 2. The van der Waals surface area contributed by atoms with E-state index in [2.05, 4.69) is 59.8 Å². The Labute approximate surface area is 381 Å². The van der Waals surface area contributed by atoms with Crippen LogP contribution >= 0.6 is 0 Å². The van der Waals surface area contributed by atoms with Crippen molar-refractivity contribution < 1.29 is 57.0 Å². The van der Waals surface area contributed by atoms with Crippen molar-refractivity contribution in [3.05, 3.63) is 48.6 Å². The molecule has 0 radical (unpaired) electrons. The van der Waals surface area contributed by atoms with Crippen molar-refractivity contribution >= 4 is 16.3 Å². The molecule has 14 heteroatoms. The van der Waals surface area contributed by atoms with Crippen LogP contribution in [0.4, 0.5) is 0 Å². The molecule has 1 amide bonds. The van der Waals surface area contributed by atoms with Crippen molar-refractivity contribution in [2.24, 2.45) is 0 Å². The van der Waals surface area contributed by atoms with E-state index in [9.17, 15) is 38.7 Å². The van der Waals surface area contributed by atoms with Gasteiger partial charge in [0.1, 0.15) is 30.5 Å². The molecule has 8 unspecified atom stereocenters. The Morgan fingerprint density at radius 1 is 0.651 bits per heavy atom. The van der Waals surface area contributed by atoms with Gasteiger partial charge in [0.2, 0.25) is 5.91 Å². The van der Waals surface area contributed by atoms with Gasteiger partial charge in [-0.15, -0.1) is 0 Å². The maximum absolute atomic E-state index is 13.1. The highest BCUT2D eigenvalue weighted by Crippen LogP contribution is 2.26. The quantitative estimate of drug-likeness (QED) is 0.0174. The third-order valence-corrected chi connectivity index (χ3v) is 11.9. The molecule has 1 heterocycles. The second kappa shape index (κ2) is 39.2. The van der Waals surface area contributed by atoms with Crippen LogP contribution in [0, 0.1) is 0 Å². The van der Waals surface area contributed by atoms with Gasteiger partial charge in [-0.1, -0.05) is 184 Å². The lowest BCUT2D eigenvalue weighted by molar-refractivity contribution is -0.298. The first kappa shape index (κ1) is 59.0. The van der Waals surface area contributed by atoms with Crippen molar-refractivity contribution in [2.75, 3.05) is 13.2 Å². The van der Waals surface area contributed by atoms with Gasteiger partial charge in [0.05, 0.1) is 25.4 Å². The summed E-state index contributed by atoms with van der Waals surface area (Å²) >= 11 is 0. The zero-order valence-corrected chi connectivity index (χ0v) is 39.8. The Bertz CT molecular complexity index is 1330. The predicted octanol–water partition coefficient (Wildman–Crippen LogP) is 9.02. The molecule has 0 aromatic rings. The molecule has 0 saturated carbocycles. The van der Waals surface area contributed by atoms with E-state index in [1.165, 1.54) is 102 Å². The van der Waals surface area contributed by atoms with Crippen LogP contribution in [0.25, 0.3) is 0 Å². The molecule has 13 nitrogen and oxygen atoms in total. The van der Waals surface area contributed by atoms with E-state index in [1.807, 2.05) is 0 Å². The predicted molar refractivity (Wildman–Crippen MR) is 251 cm³/mol. The fraction of sp³-hybridized carbons (Fsp3) is 0.816. The first-order valence-corrected chi connectivity index (χ1v) is 26.0. The molecule has 0 spiro atoms. The van der Waals surface area contributed by atoms with Gasteiger partial charge in [-0.2, -0.15) is 8.42 Å². The highest BCUT2D eigenvalue weighted by atomic mass is 32.3. The molecule has 1 saturated heterocycles. The molecule has 7 N–H and O–H groups in total. The summed E-state index contributed by atoms with van der Waals surface area (Å²) in [7, 11) is -5.12. The minimum atomic E-state index is -5.12. The van der Waals surface area contributed by atoms with Crippen molar-refractivity contribution in [2.45, 2.75) is 243 Å². The normalized spacial score (nSPS) is 21.3. The Hall–Kier alpha value is -1.98. The molecule has 0 bridgehead atoms. The summed E-state index contributed by atoms with van der Waals surface area (Å²) in [6.45, 7) is 3.11. The van der Waals surface area contributed by atoms with Crippen LogP contribution in [0.15, 0.2) is 48.6 Å². The van der Waals surface area contributed by atoms with E-state index >= 15 is 0 Å². The average Bonchev–Trinajstić information content (AvgIpc) is 3.25. The third kappa shape index (κ3) is 31.6. The Balaban J connectivity index is 2.37. The molecule has 1 aliphatic heterocycles. The number of hydrogen-bond acceptors (Lipinski definition) is 11. The smallest absolute Gasteiger partial charge is 0.394 e. The molecule has 0 aromatic carbocycles. The fourth-order valence-corrected chi connectivity index (χ4v) is 8.00. The maximum Gasteiger partial charge on any atom is 0.397 e. The van der Waals surface area contributed by atoms with Crippen LogP contribution < -0.4 is 5.32 Å². The summed E-state index contributed by atoms with van der Waals surface area (Å²) in [5.74, 6) is -0.719. The topological polar surface area (TPSA) is 212 Å². The van der Waals surface area contributed by atoms with E-state index in [0.717, 1.165) is 64.2 Å². The van der Waals surface area contributed by atoms with E-state index in [4.69, 9.17) is 14.0 Å². The molecule has 368 valence electrons. The Kier molecular flexibility index (Phi) is 36.7. The molecule has 1 rings (SSSR count). The zero-order chi connectivity index (χ0) is 46.4. The number of allylic oxidation sites excluding steroid dienone is 7. The minimum absolute atomic E-state index is 0.231. The van der Waals surface area contributed by atoms with Crippen LogP contribution in [0.5, 0.6) is 0 Å². The summed E-state index contributed by atoms with van der Waals surface area (Å²) in [6, 6.07) is -1.14. The number of carbonyl (C=O) groups excluding carboxylic acids is 1. The summed E-state index contributed by atoms with van der Waals surface area (Å²) in [5.41, 5.74) is 0. The molecule has 0 aliphatic carbocycles. The largest absolute Gasteiger partial charge is 0.397 e. The summed E-state index contributed by atoms with van der Waals surface area (Å²) in [5, 5.41) is 55.0. The second-order valence-electron chi connectivity index (χ2n) is 17.2. The number of nitrogens with one attached hydrogen (secondary N) is 1. The monoisotopic (exact) mass is 916 g/mol. The van der Waals surface area contributed by atoms with Gasteiger partial charge in [0.25, 0.3) is 0 Å². The molecular weight excluding hydrogens is 827 g/mol. The van der Waals surface area contributed by atoms with Gasteiger partial charge in [-0.3, -0.25) is 9.35 Å². The first-order valence-electron chi connectivity index (χ1n) is 24.6. The standard InChI is InChI=1S/C49H89NO12S/c1-3-5-7-9-11-13-14-15-16-17-18-19-20-21-22-23-24-25-26-27-28-29-30-32-34-36-38-43(53)48(56)50-41(42(52)37-35-33-31-12-10-8-6-4-2)40-60-49-46(55)47(62-63(57,58)59)45(54)44(39-51)61-49/h10,12,18-19,21-22,35,37,41-47,49,51-55H,3-9,11,13-17,20,23-34,36,38-40H2,1-2H3,(H,50,56)(H,57,58,59)/b12-10+,19-18-,22-21-,37-35+. The van der Waals surface area contributed by atoms with Crippen molar-refractivity contribution in [1.29, 1.82) is 0 Å². The summed E-state index contributed by atoms with van der Waals surface area (Å²) < 4.78 is 47.4. The van der Waals surface area contributed by atoms with E-state index in [1.54, 1.807) is 6.08 Å². The van der Waals surface area contributed by atoms with Gasteiger partial charge >= 0.3 is 10.4 Å². The Morgan fingerprint density at radius 2 is 1.13 bits per heavy atom. The molecule has 1 fully saturated rings. The number of rotatable bonds is 41. The highest BCUT2D eigenvalue weighted by Gasteiger charge is 2.48. The van der Waals surface area contributed by atoms with Crippen LogP contribution in [0.3, 0.4) is 0 Å². The molecular formula is C49H89NO12S. The van der Waals surface area contributed by atoms with E-state index in [-0.39, 0.29) is 6.42 Å². The van der Waals surface area contributed by atoms with Crippen molar-refractivity contribution in [3.63, 3.8) is 0 Å².